The van der Waals surface area contributed by atoms with Crippen molar-refractivity contribution >= 4 is 44.8 Å². The fourth-order valence-corrected chi connectivity index (χ4v) is 6.73. The second-order valence-electron chi connectivity index (χ2n) is 7.81. The van der Waals surface area contributed by atoms with Gasteiger partial charge in [0.25, 0.3) is 5.91 Å². The molecule has 0 radical (unpaired) electrons. The van der Waals surface area contributed by atoms with Crippen molar-refractivity contribution in [3.8, 4) is 0 Å². The van der Waals surface area contributed by atoms with Gasteiger partial charge in [-0.3, -0.25) is 9.69 Å². The van der Waals surface area contributed by atoms with Crippen LogP contribution in [0.2, 0.25) is 5.02 Å². The third-order valence-corrected chi connectivity index (χ3v) is 8.04. The highest BCUT2D eigenvalue weighted by Gasteiger charge is 2.40. The highest BCUT2D eigenvalue weighted by atomic mass is 35.5. The van der Waals surface area contributed by atoms with Crippen LogP contribution in [0.25, 0.3) is 0 Å². The van der Waals surface area contributed by atoms with Crippen LogP contribution in [-0.2, 0) is 14.6 Å². The van der Waals surface area contributed by atoms with Gasteiger partial charge in [0, 0.05) is 30.8 Å². The second kappa shape index (κ2) is 8.20. The summed E-state index contributed by atoms with van der Waals surface area (Å²) >= 11 is 7.21. The molecule has 2 amide bonds. The number of carbonyl (C=O) groups is 2. The van der Waals surface area contributed by atoms with Crippen molar-refractivity contribution in [3.63, 3.8) is 0 Å². The first-order chi connectivity index (χ1) is 13.1. The number of cyclic esters (lactones) is 1. The van der Waals surface area contributed by atoms with E-state index >= 15 is 0 Å². The van der Waals surface area contributed by atoms with Gasteiger partial charge >= 0.3 is 6.09 Å². The van der Waals surface area contributed by atoms with E-state index in [-0.39, 0.29) is 38.9 Å². The number of thiophene rings is 1. The molecule has 0 aromatic carbocycles. The van der Waals surface area contributed by atoms with Crippen LogP contribution in [0.1, 0.15) is 42.8 Å². The van der Waals surface area contributed by atoms with Crippen LogP contribution in [0.5, 0.6) is 0 Å². The molecule has 2 aliphatic heterocycles. The number of likely N-dealkylation sites (tertiary alicyclic amines) is 1. The summed E-state index contributed by atoms with van der Waals surface area (Å²) in [4.78, 5) is 28.8. The molecule has 2 aliphatic rings. The van der Waals surface area contributed by atoms with E-state index in [1.807, 2.05) is 4.90 Å². The largest absolute Gasteiger partial charge is 0.447 e. The average Bonchev–Trinajstić information content (AvgIpc) is 3.17. The Balaban J connectivity index is 1.66. The van der Waals surface area contributed by atoms with Gasteiger partial charge in [0.15, 0.2) is 9.84 Å². The first-order valence-corrected chi connectivity index (χ1v) is 12.5. The Morgan fingerprint density at radius 2 is 2.00 bits per heavy atom. The minimum Gasteiger partial charge on any atom is -0.447 e. The van der Waals surface area contributed by atoms with Crippen molar-refractivity contribution in [1.82, 2.24) is 9.80 Å². The van der Waals surface area contributed by atoms with E-state index in [0.29, 0.717) is 38.5 Å². The molecular weight excluding hydrogens is 424 g/mol. The van der Waals surface area contributed by atoms with Gasteiger partial charge in [-0.25, -0.2) is 13.2 Å². The number of ether oxygens (including phenoxy) is 1. The van der Waals surface area contributed by atoms with Crippen molar-refractivity contribution in [3.05, 3.63) is 15.3 Å². The zero-order valence-electron chi connectivity index (χ0n) is 16.2. The van der Waals surface area contributed by atoms with Crippen molar-refractivity contribution in [2.45, 2.75) is 50.1 Å². The summed E-state index contributed by atoms with van der Waals surface area (Å²) in [6, 6.07) is 0.136. The summed E-state index contributed by atoms with van der Waals surface area (Å²) in [6.45, 7) is 5.65. The predicted octanol–water partition coefficient (Wildman–Crippen LogP) is 3.28. The molecule has 2 saturated heterocycles. The number of amides is 2. The average molecular weight is 449 g/mol. The molecule has 156 valence electrons. The van der Waals surface area contributed by atoms with Crippen LogP contribution in [0.3, 0.4) is 0 Å². The Hall–Kier alpha value is -1.32. The molecule has 0 bridgehead atoms. The van der Waals surface area contributed by atoms with Crippen LogP contribution in [0, 0.1) is 5.92 Å². The standard InChI is InChI=1S/C18H25ClN2O5S2/c1-11(2)8-13-9-26-18(23)21(13)12-4-6-20(7-5-12)17(22)16-15(19)14(10-27-16)28(3,24)25/h10-13H,4-9H2,1-3H3. The van der Waals surface area contributed by atoms with Crippen LogP contribution in [-0.4, -0.2) is 68.3 Å². The van der Waals surface area contributed by atoms with E-state index in [0.717, 1.165) is 24.0 Å². The number of sulfone groups is 1. The number of rotatable bonds is 5. The summed E-state index contributed by atoms with van der Waals surface area (Å²) in [7, 11) is -3.47. The smallest absolute Gasteiger partial charge is 0.410 e. The fourth-order valence-electron chi connectivity index (χ4n) is 3.86. The summed E-state index contributed by atoms with van der Waals surface area (Å²) < 4.78 is 28.7. The number of hydrogen-bond donors (Lipinski definition) is 0. The second-order valence-corrected chi connectivity index (χ2v) is 11.0. The Bertz CT molecular complexity index is 859. The fraction of sp³-hybridized carbons (Fsp3) is 0.667. The maximum Gasteiger partial charge on any atom is 0.410 e. The third kappa shape index (κ3) is 4.31. The normalized spacial score (nSPS) is 21.5. The van der Waals surface area contributed by atoms with E-state index in [9.17, 15) is 18.0 Å². The molecule has 3 rings (SSSR count). The molecule has 0 aliphatic carbocycles. The van der Waals surface area contributed by atoms with Gasteiger partial charge in [-0.05, 0) is 25.2 Å². The van der Waals surface area contributed by atoms with Gasteiger partial charge < -0.3 is 9.64 Å². The number of piperidine rings is 1. The van der Waals surface area contributed by atoms with Crippen LogP contribution in [0.15, 0.2) is 10.3 Å². The summed E-state index contributed by atoms with van der Waals surface area (Å²) in [5.41, 5.74) is 0. The lowest BCUT2D eigenvalue weighted by molar-refractivity contribution is 0.0635. The molecule has 28 heavy (non-hydrogen) atoms. The number of halogens is 1. The van der Waals surface area contributed by atoms with Crippen LogP contribution in [0.4, 0.5) is 4.79 Å². The molecule has 7 nitrogen and oxygen atoms in total. The van der Waals surface area contributed by atoms with E-state index < -0.39 is 9.84 Å². The van der Waals surface area contributed by atoms with Crippen molar-refractivity contribution < 1.29 is 22.7 Å². The minimum absolute atomic E-state index is 0.000239. The van der Waals surface area contributed by atoms with Crippen molar-refractivity contribution in [2.75, 3.05) is 26.0 Å². The van der Waals surface area contributed by atoms with Gasteiger partial charge in [0.05, 0.1) is 16.0 Å². The molecule has 1 unspecified atom stereocenters. The molecule has 1 aromatic heterocycles. The first kappa shape index (κ1) is 21.4. The van der Waals surface area contributed by atoms with Crippen LogP contribution < -0.4 is 0 Å². The van der Waals surface area contributed by atoms with E-state index in [1.54, 1.807) is 4.90 Å². The van der Waals surface area contributed by atoms with Crippen LogP contribution >= 0.6 is 22.9 Å². The number of carbonyl (C=O) groups excluding carboxylic acids is 2. The Morgan fingerprint density at radius 3 is 2.54 bits per heavy atom. The molecule has 0 spiro atoms. The highest BCUT2D eigenvalue weighted by Crippen LogP contribution is 2.34. The summed E-state index contributed by atoms with van der Waals surface area (Å²) in [6.07, 6.45) is 3.02. The summed E-state index contributed by atoms with van der Waals surface area (Å²) in [5, 5.41) is 1.41. The number of hydrogen-bond acceptors (Lipinski definition) is 6. The van der Waals surface area contributed by atoms with Gasteiger partial charge in [0.2, 0.25) is 0 Å². The maximum absolute atomic E-state index is 12.8. The van der Waals surface area contributed by atoms with E-state index in [2.05, 4.69) is 13.8 Å². The molecule has 10 heteroatoms. The van der Waals surface area contributed by atoms with E-state index in [1.165, 1.54) is 5.38 Å². The topological polar surface area (TPSA) is 84.0 Å². The lowest BCUT2D eigenvalue weighted by Crippen LogP contribution is -2.50. The zero-order valence-corrected chi connectivity index (χ0v) is 18.6. The Kier molecular flexibility index (Phi) is 6.26. The third-order valence-electron chi connectivity index (χ3n) is 5.19. The molecule has 1 atom stereocenters. The first-order valence-electron chi connectivity index (χ1n) is 9.31. The van der Waals surface area contributed by atoms with Gasteiger partial charge in [0.1, 0.15) is 11.5 Å². The molecule has 0 saturated carbocycles. The Morgan fingerprint density at radius 1 is 1.36 bits per heavy atom. The van der Waals surface area contributed by atoms with Crippen molar-refractivity contribution in [1.29, 1.82) is 0 Å². The van der Waals surface area contributed by atoms with E-state index in [4.69, 9.17) is 16.3 Å². The minimum atomic E-state index is -3.47. The number of nitrogens with zero attached hydrogens (tertiary/aromatic N) is 2. The molecule has 1 aromatic rings. The molecule has 0 N–H and O–H groups in total. The van der Waals surface area contributed by atoms with Crippen molar-refractivity contribution in [2.24, 2.45) is 5.92 Å². The monoisotopic (exact) mass is 448 g/mol. The Labute approximate surface area is 174 Å². The SMILES string of the molecule is CC(C)CC1COC(=O)N1C1CCN(C(=O)c2scc(S(C)(=O)=O)c2Cl)CC1. The predicted molar refractivity (Wildman–Crippen MR) is 108 cm³/mol. The maximum atomic E-state index is 12.8. The van der Waals surface area contributed by atoms with Gasteiger partial charge in [-0.1, -0.05) is 25.4 Å². The highest BCUT2D eigenvalue weighted by molar-refractivity contribution is 7.91. The van der Waals surface area contributed by atoms with Gasteiger partial charge in [-0.2, -0.15) is 0 Å². The quantitative estimate of drug-likeness (QED) is 0.690. The zero-order chi connectivity index (χ0) is 20.6. The van der Waals surface area contributed by atoms with Gasteiger partial charge in [-0.15, -0.1) is 11.3 Å². The molecule has 2 fully saturated rings. The molecular formula is C18H25ClN2O5S2. The lowest BCUT2D eigenvalue weighted by atomic mass is 9.98. The lowest BCUT2D eigenvalue weighted by Gasteiger charge is -2.38. The molecule has 3 heterocycles. The summed E-state index contributed by atoms with van der Waals surface area (Å²) in [5.74, 6) is 0.208.